The Morgan fingerprint density at radius 1 is 1.43 bits per heavy atom. The quantitative estimate of drug-likeness (QED) is 0.526. The van der Waals surface area contributed by atoms with Crippen LogP contribution < -0.4 is 4.74 Å². The highest BCUT2D eigenvalue weighted by atomic mass is 16.5. The molecule has 0 spiro atoms. The van der Waals surface area contributed by atoms with E-state index in [0.29, 0.717) is 22.5 Å². The van der Waals surface area contributed by atoms with Crippen LogP contribution in [0.1, 0.15) is 10.4 Å². The summed E-state index contributed by atoms with van der Waals surface area (Å²) < 4.78 is 6.55. The van der Waals surface area contributed by atoms with E-state index >= 15 is 0 Å². The molecule has 0 saturated heterocycles. The highest BCUT2D eigenvalue weighted by Crippen LogP contribution is 2.31. The van der Waals surface area contributed by atoms with E-state index in [2.05, 4.69) is 20.1 Å². The maximum atomic E-state index is 11.8. The Morgan fingerprint density at radius 2 is 2.24 bits per heavy atom. The minimum atomic E-state index is -1.54. The molecule has 0 aliphatic rings. The third kappa shape index (κ3) is 1.91. The van der Waals surface area contributed by atoms with Crippen LogP contribution in [-0.4, -0.2) is 48.7 Å². The number of ether oxygens (including phenoxy) is 1. The van der Waals surface area contributed by atoms with Crippen molar-refractivity contribution in [1.82, 2.24) is 24.7 Å². The molecule has 9 nitrogen and oxygen atoms in total. The van der Waals surface area contributed by atoms with Crippen molar-refractivity contribution in [3.8, 4) is 11.6 Å². The Hall–Kier alpha value is -3.23. The number of ketones is 1. The predicted molar refractivity (Wildman–Crippen MR) is 69.5 cm³/mol. The number of aliphatic carboxylic acids is 1. The average Bonchev–Trinajstić information content (AvgIpc) is 3.14. The summed E-state index contributed by atoms with van der Waals surface area (Å²) in [6, 6.07) is 0. The number of carbonyl (C=O) groups excluding carboxylic acids is 1. The highest BCUT2D eigenvalue weighted by Gasteiger charge is 2.23. The number of hydrogen-bond donors (Lipinski definition) is 2. The largest absolute Gasteiger partial charge is 0.494 e. The average molecular weight is 287 g/mol. The van der Waals surface area contributed by atoms with E-state index in [9.17, 15) is 9.59 Å². The van der Waals surface area contributed by atoms with Gasteiger partial charge in [0.05, 0.1) is 29.8 Å². The van der Waals surface area contributed by atoms with E-state index in [1.807, 2.05) is 0 Å². The van der Waals surface area contributed by atoms with Crippen molar-refractivity contribution >= 4 is 22.7 Å². The minimum absolute atomic E-state index is 0.00175. The number of carbonyl (C=O) groups is 2. The lowest BCUT2D eigenvalue weighted by Gasteiger charge is -2.06. The zero-order chi connectivity index (χ0) is 15.0. The zero-order valence-corrected chi connectivity index (χ0v) is 10.8. The Kier molecular flexibility index (Phi) is 2.87. The normalized spacial score (nSPS) is 10.7. The van der Waals surface area contributed by atoms with Crippen LogP contribution in [0.5, 0.6) is 5.75 Å². The summed E-state index contributed by atoms with van der Waals surface area (Å²) in [5.74, 6) is -1.90. The van der Waals surface area contributed by atoms with Gasteiger partial charge in [-0.15, -0.1) is 0 Å². The molecule has 21 heavy (non-hydrogen) atoms. The van der Waals surface area contributed by atoms with Gasteiger partial charge in [0, 0.05) is 6.20 Å². The Balaban J connectivity index is 2.32. The Labute approximate surface area is 117 Å². The number of pyridine rings is 1. The highest BCUT2D eigenvalue weighted by molar-refractivity contribution is 6.42. The van der Waals surface area contributed by atoms with Gasteiger partial charge in [0.15, 0.2) is 5.82 Å². The van der Waals surface area contributed by atoms with Crippen LogP contribution in [-0.2, 0) is 4.79 Å². The lowest BCUT2D eigenvalue weighted by atomic mass is 10.1. The number of aromatic nitrogens is 5. The first-order chi connectivity index (χ1) is 10.1. The number of nitrogens with zero attached hydrogens (tertiary/aromatic N) is 4. The number of methoxy groups -OCH3 is 1. The molecule has 0 saturated carbocycles. The smallest absolute Gasteiger partial charge is 0.377 e. The lowest BCUT2D eigenvalue weighted by molar-refractivity contribution is -0.131. The molecule has 3 heterocycles. The molecular formula is C12H9N5O4. The van der Waals surface area contributed by atoms with Gasteiger partial charge in [-0.25, -0.2) is 19.4 Å². The molecule has 0 atom stereocenters. The summed E-state index contributed by atoms with van der Waals surface area (Å²) >= 11 is 0. The molecule has 3 rings (SSSR count). The van der Waals surface area contributed by atoms with Gasteiger partial charge in [0.2, 0.25) is 0 Å². The second kappa shape index (κ2) is 4.71. The fourth-order valence-corrected chi connectivity index (χ4v) is 2.04. The summed E-state index contributed by atoms with van der Waals surface area (Å²) in [7, 11) is 1.41. The van der Waals surface area contributed by atoms with Crippen LogP contribution >= 0.6 is 0 Å². The molecule has 0 bridgehead atoms. The van der Waals surface area contributed by atoms with Gasteiger partial charge in [-0.1, -0.05) is 0 Å². The van der Waals surface area contributed by atoms with Crippen molar-refractivity contribution in [2.75, 3.05) is 7.11 Å². The molecule has 0 amide bonds. The standard InChI is InChI=1S/C12H9N5O4/c1-21-7-3-15-11(17-5-13-4-16-17)9-8(7)6(2-14-9)10(18)12(19)20/h2-5,14H,1H3,(H,19,20). The lowest BCUT2D eigenvalue weighted by Crippen LogP contribution is -2.12. The van der Waals surface area contributed by atoms with Gasteiger partial charge in [-0.2, -0.15) is 5.10 Å². The van der Waals surface area contributed by atoms with Crippen molar-refractivity contribution < 1.29 is 19.4 Å². The van der Waals surface area contributed by atoms with Crippen molar-refractivity contribution in [3.05, 3.63) is 30.6 Å². The van der Waals surface area contributed by atoms with Crippen LogP contribution in [0.3, 0.4) is 0 Å². The minimum Gasteiger partial charge on any atom is -0.494 e. The predicted octanol–water partition coefficient (Wildman–Crippen LogP) is 0.419. The van der Waals surface area contributed by atoms with E-state index < -0.39 is 11.8 Å². The molecule has 106 valence electrons. The molecule has 0 aliphatic carbocycles. The number of aromatic amines is 1. The molecule has 3 aromatic rings. The maximum Gasteiger partial charge on any atom is 0.377 e. The second-order valence-corrected chi connectivity index (χ2v) is 4.08. The first kappa shape index (κ1) is 12.8. The molecule has 0 fully saturated rings. The number of fused-ring (bicyclic) bond motifs is 1. The van der Waals surface area contributed by atoms with Crippen LogP contribution in [0.15, 0.2) is 25.0 Å². The summed E-state index contributed by atoms with van der Waals surface area (Å²) in [5, 5.41) is 13.2. The fraction of sp³-hybridized carbons (Fsp3) is 0.0833. The topological polar surface area (TPSA) is 123 Å². The van der Waals surface area contributed by atoms with Crippen LogP contribution in [0.25, 0.3) is 16.7 Å². The molecular weight excluding hydrogens is 278 g/mol. The molecule has 3 aromatic heterocycles. The van der Waals surface area contributed by atoms with E-state index in [-0.39, 0.29) is 5.56 Å². The second-order valence-electron chi connectivity index (χ2n) is 4.08. The summed E-state index contributed by atoms with van der Waals surface area (Å²) in [4.78, 5) is 33.5. The summed E-state index contributed by atoms with van der Waals surface area (Å²) in [6.45, 7) is 0. The third-order valence-electron chi connectivity index (χ3n) is 2.95. The summed E-state index contributed by atoms with van der Waals surface area (Å²) in [5.41, 5.74) is 0.433. The molecule has 9 heteroatoms. The van der Waals surface area contributed by atoms with Crippen LogP contribution in [0, 0.1) is 0 Å². The van der Waals surface area contributed by atoms with Gasteiger partial charge in [-0.05, 0) is 0 Å². The van der Waals surface area contributed by atoms with Crippen LogP contribution in [0.2, 0.25) is 0 Å². The maximum absolute atomic E-state index is 11.8. The molecule has 0 radical (unpaired) electrons. The molecule has 2 N–H and O–H groups in total. The van der Waals surface area contributed by atoms with Crippen molar-refractivity contribution in [1.29, 1.82) is 0 Å². The van der Waals surface area contributed by atoms with Gasteiger partial charge in [0.1, 0.15) is 18.4 Å². The van der Waals surface area contributed by atoms with Crippen molar-refractivity contribution in [2.24, 2.45) is 0 Å². The van der Waals surface area contributed by atoms with Gasteiger partial charge in [0.25, 0.3) is 5.78 Å². The monoisotopic (exact) mass is 287 g/mol. The number of nitrogens with one attached hydrogen (secondary N) is 1. The van der Waals surface area contributed by atoms with E-state index in [1.54, 1.807) is 0 Å². The number of carboxylic acid groups (broad SMARTS) is 1. The zero-order valence-electron chi connectivity index (χ0n) is 10.8. The van der Waals surface area contributed by atoms with E-state index in [0.717, 1.165) is 0 Å². The molecule has 0 aliphatic heterocycles. The number of H-pyrrole nitrogens is 1. The summed E-state index contributed by atoms with van der Waals surface area (Å²) in [6.07, 6.45) is 5.48. The number of hydrogen-bond acceptors (Lipinski definition) is 6. The molecule has 0 unspecified atom stereocenters. The van der Waals surface area contributed by atoms with Gasteiger partial charge >= 0.3 is 5.97 Å². The molecule has 0 aromatic carbocycles. The van der Waals surface area contributed by atoms with Crippen LogP contribution in [0.4, 0.5) is 0 Å². The SMILES string of the molecule is COc1cnc(-n2cncn2)c2[nH]cc(C(=O)C(=O)O)c12. The van der Waals surface area contributed by atoms with E-state index in [4.69, 9.17) is 9.84 Å². The van der Waals surface area contributed by atoms with Crippen molar-refractivity contribution in [2.45, 2.75) is 0 Å². The first-order valence-corrected chi connectivity index (χ1v) is 5.80. The number of carboxylic acids is 1. The Morgan fingerprint density at radius 3 is 2.86 bits per heavy atom. The fourth-order valence-electron chi connectivity index (χ4n) is 2.04. The number of rotatable bonds is 4. The Bertz CT molecular complexity index is 837. The van der Waals surface area contributed by atoms with E-state index in [1.165, 1.54) is 36.8 Å². The third-order valence-corrected chi connectivity index (χ3v) is 2.95. The first-order valence-electron chi connectivity index (χ1n) is 5.80. The van der Waals surface area contributed by atoms with Gasteiger partial charge in [-0.3, -0.25) is 4.79 Å². The number of Topliss-reactive ketones (excluding diaryl/α,β-unsaturated/α-hetero) is 1. The van der Waals surface area contributed by atoms with Crippen molar-refractivity contribution in [3.63, 3.8) is 0 Å². The van der Waals surface area contributed by atoms with Gasteiger partial charge < -0.3 is 14.8 Å².